The molecule has 134 valence electrons. The van der Waals surface area contributed by atoms with Crippen LogP contribution in [0.2, 0.25) is 0 Å². The molecule has 0 spiro atoms. The van der Waals surface area contributed by atoms with Gasteiger partial charge in [-0.25, -0.2) is 4.79 Å². The van der Waals surface area contributed by atoms with Gasteiger partial charge in [0, 0.05) is 32.2 Å². The van der Waals surface area contributed by atoms with Crippen LogP contribution >= 0.6 is 0 Å². The number of ether oxygens (including phenoxy) is 1. The van der Waals surface area contributed by atoms with Crippen LogP contribution in [0.4, 0.5) is 0 Å². The van der Waals surface area contributed by atoms with Gasteiger partial charge in [-0.2, -0.15) is 0 Å². The molecule has 0 aliphatic carbocycles. The van der Waals surface area contributed by atoms with E-state index in [9.17, 15) is 4.79 Å². The average molecular weight is 333 g/mol. The lowest BCUT2D eigenvalue weighted by molar-refractivity contribution is -0.143. The number of nitrogens with zero attached hydrogens (tertiary/aromatic N) is 2. The Labute approximate surface area is 146 Å². The number of hydrogen-bond acceptors (Lipinski definition) is 5. The Hall–Kier alpha value is -1.43. The lowest BCUT2D eigenvalue weighted by Crippen LogP contribution is -2.49. The maximum Gasteiger partial charge on any atom is 0.327 e. The maximum atomic E-state index is 12.0. The van der Waals surface area contributed by atoms with Gasteiger partial charge in [0.05, 0.1) is 7.11 Å². The second-order valence-corrected chi connectivity index (χ2v) is 6.65. The van der Waals surface area contributed by atoms with Gasteiger partial charge in [0.15, 0.2) is 0 Å². The number of carbonyl (C=O) groups excluding carboxylic acids is 1. The van der Waals surface area contributed by atoms with Crippen molar-refractivity contribution in [2.24, 2.45) is 0 Å². The SMILES string of the molecule is COC(=O)C(NCCCN1CCN(C(C)C)CC1)c1ccccc1. The molecule has 2 rings (SSSR count). The molecule has 0 aromatic heterocycles. The van der Waals surface area contributed by atoms with E-state index in [0.717, 1.165) is 51.3 Å². The molecule has 0 saturated carbocycles. The fraction of sp³-hybridized carbons (Fsp3) is 0.632. The van der Waals surface area contributed by atoms with E-state index in [2.05, 4.69) is 29.0 Å². The van der Waals surface area contributed by atoms with Crippen LogP contribution in [0.1, 0.15) is 31.9 Å². The molecule has 5 heteroatoms. The van der Waals surface area contributed by atoms with Crippen molar-refractivity contribution in [3.05, 3.63) is 35.9 Å². The number of esters is 1. The van der Waals surface area contributed by atoms with E-state index in [1.807, 2.05) is 30.3 Å². The fourth-order valence-electron chi connectivity index (χ4n) is 3.15. The van der Waals surface area contributed by atoms with Crippen LogP contribution in [0.25, 0.3) is 0 Å². The van der Waals surface area contributed by atoms with Crippen molar-refractivity contribution in [2.75, 3.05) is 46.4 Å². The van der Waals surface area contributed by atoms with Gasteiger partial charge in [-0.3, -0.25) is 4.90 Å². The van der Waals surface area contributed by atoms with Gasteiger partial charge in [0.25, 0.3) is 0 Å². The normalized spacial score (nSPS) is 17.8. The summed E-state index contributed by atoms with van der Waals surface area (Å²) in [7, 11) is 1.44. The van der Waals surface area contributed by atoms with Gasteiger partial charge < -0.3 is 15.0 Å². The topological polar surface area (TPSA) is 44.8 Å². The van der Waals surface area contributed by atoms with Crippen molar-refractivity contribution in [1.29, 1.82) is 0 Å². The minimum absolute atomic E-state index is 0.230. The molecule has 1 aliphatic rings. The van der Waals surface area contributed by atoms with Gasteiger partial charge in [-0.15, -0.1) is 0 Å². The third-order valence-corrected chi connectivity index (χ3v) is 4.71. The molecular formula is C19H31N3O2. The minimum atomic E-state index is -0.381. The molecule has 24 heavy (non-hydrogen) atoms. The van der Waals surface area contributed by atoms with E-state index in [1.165, 1.54) is 7.11 Å². The molecule has 1 heterocycles. The quantitative estimate of drug-likeness (QED) is 0.581. The summed E-state index contributed by atoms with van der Waals surface area (Å²) in [4.78, 5) is 17.0. The van der Waals surface area contributed by atoms with Gasteiger partial charge in [0.1, 0.15) is 6.04 Å². The molecule has 0 radical (unpaired) electrons. The monoisotopic (exact) mass is 333 g/mol. The van der Waals surface area contributed by atoms with E-state index in [-0.39, 0.29) is 12.0 Å². The fourth-order valence-corrected chi connectivity index (χ4v) is 3.15. The summed E-state index contributed by atoms with van der Waals surface area (Å²) in [6.07, 6.45) is 1.03. The molecule has 5 nitrogen and oxygen atoms in total. The molecule has 0 bridgehead atoms. The zero-order chi connectivity index (χ0) is 17.4. The summed E-state index contributed by atoms with van der Waals surface area (Å²) >= 11 is 0. The number of benzene rings is 1. The van der Waals surface area contributed by atoms with Crippen molar-refractivity contribution in [2.45, 2.75) is 32.4 Å². The first-order valence-corrected chi connectivity index (χ1v) is 8.94. The number of piperazine rings is 1. The first-order valence-electron chi connectivity index (χ1n) is 8.94. The largest absolute Gasteiger partial charge is 0.468 e. The van der Waals surface area contributed by atoms with Crippen LogP contribution in [0.5, 0.6) is 0 Å². The molecule has 1 fully saturated rings. The zero-order valence-corrected chi connectivity index (χ0v) is 15.2. The van der Waals surface area contributed by atoms with Gasteiger partial charge in [0.2, 0.25) is 0 Å². The van der Waals surface area contributed by atoms with Crippen LogP contribution in [0, 0.1) is 0 Å². The lowest BCUT2D eigenvalue weighted by Gasteiger charge is -2.37. The predicted octanol–water partition coefficient (Wildman–Crippen LogP) is 1.91. The molecular weight excluding hydrogens is 302 g/mol. The lowest BCUT2D eigenvalue weighted by atomic mass is 10.1. The zero-order valence-electron chi connectivity index (χ0n) is 15.2. The number of methoxy groups -OCH3 is 1. The van der Waals surface area contributed by atoms with Crippen LogP contribution in [0.3, 0.4) is 0 Å². The van der Waals surface area contributed by atoms with Crippen LogP contribution in [0.15, 0.2) is 30.3 Å². The second-order valence-electron chi connectivity index (χ2n) is 6.65. The Morgan fingerprint density at radius 3 is 2.42 bits per heavy atom. The number of rotatable bonds is 8. The van der Waals surface area contributed by atoms with Gasteiger partial charge in [-0.1, -0.05) is 30.3 Å². The first kappa shape index (κ1) is 18.9. The summed E-state index contributed by atoms with van der Waals surface area (Å²) in [6, 6.07) is 10.0. The standard InChI is InChI=1S/C19H31N3O2/c1-16(2)22-14-12-21(13-15-22)11-7-10-20-18(19(23)24-3)17-8-5-4-6-9-17/h4-6,8-9,16,18,20H,7,10-15H2,1-3H3. The van der Waals surface area contributed by atoms with Gasteiger partial charge in [-0.05, 0) is 38.9 Å². The second kappa shape index (κ2) is 9.77. The van der Waals surface area contributed by atoms with E-state index < -0.39 is 0 Å². The number of nitrogens with one attached hydrogen (secondary N) is 1. The predicted molar refractivity (Wildman–Crippen MR) is 97.0 cm³/mol. The van der Waals surface area contributed by atoms with Crippen molar-refractivity contribution in [1.82, 2.24) is 15.1 Å². The number of hydrogen-bond donors (Lipinski definition) is 1. The highest BCUT2D eigenvalue weighted by atomic mass is 16.5. The third-order valence-electron chi connectivity index (χ3n) is 4.71. The Bertz CT molecular complexity index is 485. The molecule has 1 aromatic carbocycles. The average Bonchev–Trinajstić information content (AvgIpc) is 2.62. The van der Waals surface area contributed by atoms with Crippen LogP contribution in [-0.4, -0.2) is 68.2 Å². The highest BCUT2D eigenvalue weighted by Gasteiger charge is 2.21. The summed E-state index contributed by atoms with van der Waals surface area (Å²) in [5.74, 6) is -0.230. The summed E-state index contributed by atoms with van der Waals surface area (Å²) in [6.45, 7) is 11.0. The summed E-state index contributed by atoms with van der Waals surface area (Å²) in [5.41, 5.74) is 0.954. The van der Waals surface area contributed by atoms with E-state index in [4.69, 9.17) is 4.74 Å². The Morgan fingerprint density at radius 1 is 1.17 bits per heavy atom. The highest BCUT2D eigenvalue weighted by molar-refractivity contribution is 5.77. The molecule has 1 atom stereocenters. The van der Waals surface area contributed by atoms with Crippen molar-refractivity contribution >= 4 is 5.97 Å². The molecule has 1 aromatic rings. The number of carbonyl (C=O) groups is 1. The first-order chi connectivity index (χ1) is 11.6. The molecule has 1 unspecified atom stereocenters. The smallest absolute Gasteiger partial charge is 0.327 e. The van der Waals surface area contributed by atoms with Crippen molar-refractivity contribution < 1.29 is 9.53 Å². The van der Waals surface area contributed by atoms with Crippen LogP contribution in [-0.2, 0) is 9.53 Å². The Balaban J connectivity index is 1.73. The highest BCUT2D eigenvalue weighted by Crippen LogP contribution is 2.14. The van der Waals surface area contributed by atoms with E-state index >= 15 is 0 Å². The summed E-state index contributed by atoms with van der Waals surface area (Å²) in [5, 5.41) is 3.34. The van der Waals surface area contributed by atoms with Crippen molar-refractivity contribution in [3.63, 3.8) is 0 Å². The molecule has 1 aliphatic heterocycles. The minimum Gasteiger partial charge on any atom is -0.468 e. The Kier molecular flexibility index (Phi) is 7.69. The maximum absolute atomic E-state index is 12.0. The molecule has 0 amide bonds. The van der Waals surface area contributed by atoms with Crippen molar-refractivity contribution in [3.8, 4) is 0 Å². The van der Waals surface area contributed by atoms with E-state index in [0.29, 0.717) is 6.04 Å². The van der Waals surface area contributed by atoms with Gasteiger partial charge >= 0.3 is 5.97 Å². The van der Waals surface area contributed by atoms with E-state index in [1.54, 1.807) is 0 Å². The Morgan fingerprint density at radius 2 is 1.83 bits per heavy atom. The van der Waals surface area contributed by atoms with Crippen LogP contribution < -0.4 is 5.32 Å². The summed E-state index contributed by atoms with van der Waals surface area (Å²) < 4.78 is 4.93. The molecule has 1 saturated heterocycles. The molecule has 1 N–H and O–H groups in total. The third kappa shape index (κ3) is 5.58.